The van der Waals surface area contributed by atoms with Crippen LogP contribution in [0.1, 0.15) is 20.7 Å². The molecule has 84 valence electrons. The van der Waals surface area contributed by atoms with Gasteiger partial charge in [0.05, 0.1) is 5.56 Å². The molecule has 1 aromatic rings. The van der Waals surface area contributed by atoms with Gasteiger partial charge in [0.25, 0.3) is 5.91 Å². The lowest BCUT2D eigenvalue weighted by atomic mass is 10.1. The molecule has 0 atom stereocenters. The van der Waals surface area contributed by atoms with Crippen molar-refractivity contribution in [2.75, 3.05) is 13.7 Å². The van der Waals surface area contributed by atoms with Crippen LogP contribution in [0.25, 0.3) is 0 Å². The van der Waals surface area contributed by atoms with Gasteiger partial charge in [-0.05, 0) is 24.3 Å². The van der Waals surface area contributed by atoms with Crippen molar-refractivity contribution < 1.29 is 14.3 Å². The fourth-order valence-electron chi connectivity index (χ4n) is 1.12. The van der Waals surface area contributed by atoms with Crippen LogP contribution in [0.5, 0.6) is 0 Å². The number of hydrogen-bond acceptors (Lipinski definition) is 3. The van der Waals surface area contributed by atoms with E-state index in [2.05, 4.69) is 11.9 Å². The summed E-state index contributed by atoms with van der Waals surface area (Å²) in [5.41, 5.74) is 0.914. The molecule has 16 heavy (non-hydrogen) atoms. The third-order valence-corrected chi connectivity index (χ3v) is 1.94. The molecule has 0 bridgehead atoms. The first-order valence-electron chi connectivity index (χ1n) is 4.79. The molecule has 4 heteroatoms. The highest BCUT2D eigenvalue weighted by molar-refractivity contribution is 5.96. The van der Waals surface area contributed by atoms with Gasteiger partial charge in [-0.3, -0.25) is 4.79 Å². The Hall–Kier alpha value is -2.10. The second-order valence-corrected chi connectivity index (χ2v) is 3.04. The number of carbonyl (C=O) groups excluding carboxylic acids is 2. The summed E-state index contributed by atoms with van der Waals surface area (Å²) in [6.07, 6.45) is 1.50. The summed E-state index contributed by atoms with van der Waals surface area (Å²) in [6, 6.07) is 6.25. The lowest BCUT2D eigenvalue weighted by Crippen LogP contribution is -2.17. The molecule has 0 saturated heterocycles. The second-order valence-electron chi connectivity index (χ2n) is 3.04. The number of hydrogen-bond donors (Lipinski definition) is 1. The van der Waals surface area contributed by atoms with E-state index in [1.807, 2.05) is 0 Å². The fraction of sp³-hybridized carbons (Fsp3) is 0.167. The lowest BCUT2D eigenvalue weighted by Gasteiger charge is -2.03. The molecule has 1 N–H and O–H groups in total. The normalized spacial score (nSPS) is 9.31. The second kappa shape index (κ2) is 5.70. The molecular formula is C12H13NO3. The monoisotopic (exact) mass is 219 g/mol. The van der Waals surface area contributed by atoms with Gasteiger partial charge < -0.3 is 10.1 Å². The highest BCUT2D eigenvalue weighted by atomic mass is 16.5. The number of ether oxygens (including phenoxy) is 1. The topological polar surface area (TPSA) is 55.4 Å². The molecule has 1 amide bonds. The third-order valence-electron chi connectivity index (χ3n) is 1.94. The first-order valence-corrected chi connectivity index (χ1v) is 4.79. The predicted molar refractivity (Wildman–Crippen MR) is 60.3 cm³/mol. The molecule has 0 aliphatic carbocycles. The number of rotatable bonds is 4. The molecule has 1 rings (SSSR count). The van der Waals surface area contributed by atoms with Crippen LogP contribution in [0, 0.1) is 0 Å². The van der Waals surface area contributed by atoms with Crippen LogP contribution in [-0.4, -0.2) is 25.5 Å². The number of esters is 1. The van der Waals surface area contributed by atoms with E-state index in [-0.39, 0.29) is 12.5 Å². The minimum Gasteiger partial charge on any atom is -0.458 e. The molecule has 0 aliphatic rings. The van der Waals surface area contributed by atoms with Crippen LogP contribution >= 0.6 is 0 Å². The molecule has 0 spiro atoms. The van der Waals surface area contributed by atoms with Crippen molar-refractivity contribution in [2.45, 2.75) is 0 Å². The van der Waals surface area contributed by atoms with Gasteiger partial charge >= 0.3 is 5.97 Å². The maximum absolute atomic E-state index is 11.4. The molecule has 0 radical (unpaired) electrons. The number of nitrogens with one attached hydrogen (secondary N) is 1. The van der Waals surface area contributed by atoms with E-state index < -0.39 is 5.97 Å². The van der Waals surface area contributed by atoms with Crippen LogP contribution in [0.15, 0.2) is 36.9 Å². The highest BCUT2D eigenvalue weighted by Crippen LogP contribution is 2.06. The molecule has 1 aromatic carbocycles. The molecular weight excluding hydrogens is 206 g/mol. The van der Waals surface area contributed by atoms with Crippen molar-refractivity contribution in [3.8, 4) is 0 Å². The summed E-state index contributed by atoms with van der Waals surface area (Å²) in [5.74, 6) is -0.616. The van der Waals surface area contributed by atoms with Crippen molar-refractivity contribution in [1.82, 2.24) is 5.32 Å². The first-order chi connectivity index (χ1) is 7.69. The minimum atomic E-state index is -0.427. The van der Waals surface area contributed by atoms with Gasteiger partial charge in [-0.15, -0.1) is 0 Å². The maximum atomic E-state index is 11.4. The van der Waals surface area contributed by atoms with E-state index in [1.165, 1.54) is 6.08 Å². The average molecular weight is 219 g/mol. The van der Waals surface area contributed by atoms with Crippen molar-refractivity contribution >= 4 is 11.9 Å². The zero-order chi connectivity index (χ0) is 12.0. The number of carbonyl (C=O) groups is 2. The molecule has 0 aromatic heterocycles. The highest BCUT2D eigenvalue weighted by Gasteiger charge is 2.08. The quantitative estimate of drug-likeness (QED) is 0.615. The summed E-state index contributed by atoms with van der Waals surface area (Å²) < 4.78 is 4.85. The van der Waals surface area contributed by atoms with Gasteiger partial charge in [0, 0.05) is 12.6 Å². The minimum absolute atomic E-state index is 0.177. The smallest absolute Gasteiger partial charge is 0.338 e. The SMILES string of the molecule is C=CCOC(=O)c1ccc(C(=O)NC)cc1. The third kappa shape index (κ3) is 2.95. The summed E-state index contributed by atoms with van der Waals surface area (Å²) in [6.45, 7) is 3.62. The Kier molecular flexibility index (Phi) is 4.27. The molecule has 0 fully saturated rings. The van der Waals surface area contributed by atoms with Crippen LogP contribution in [-0.2, 0) is 4.74 Å². The van der Waals surface area contributed by atoms with Gasteiger partial charge in [-0.1, -0.05) is 12.7 Å². The number of benzene rings is 1. The fourth-order valence-corrected chi connectivity index (χ4v) is 1.12. The summed E-state index contributed by atoms with van der Waals surface area (Å²) in [7, 11) is 1.55. The predicted octanol–water partition coefficient (Wildman–Crippen LogP) is 1.39. The summed E-state index contributed by atoms with van der Waals surface area (Å²) in [4.78, 5) is 22.6. The average Bonchev–Trinajstić information content (AvgIpc) is 2.35. The Balaban J connectivity index is 2.74. The Bertz CT molecular complexity index is 395. The van der Waals surface area contributed by atoms with E-state index >= 15 is 0 Å². The zero-order valence-corrected chi connectivity index (χ0v) is 9.03. The van der Waals surface area contributed by atoms with E-state index in [4.69, 9.17) is 4.74 Å². The van der Waals surface area contributed by atoms with Crippen molar-refractivity contribution in [1.29, 1.82) is 0 Å². The zero-order valence-electron chi connectivity index (χ0n) is 9.03. The molecule has 4 nitrogen and oxygen atoms in total. The summed E-state index contributed by atoms with van der Waals surface area (Å²) >= 11 is 0. The van der Waals surface area contributed by atoms with Gasteiger partial charge in [0.15, 0.2) is 0 Å². The van der Waals surface area contributed by atoms with Crippen LogP contribution in [0.3, 0.4) is 0 Å². The largest absolute Gasteiger partial charge is 0.458 e. The molecule has 0 heterocycles. The Labute approximate surface area is 93.9 Å². The van der Waals surface area contributed by atoms with E-state index in [0.29, 0.717) is 11.1 Å². The Morgan fingerprint density at radius 2 is 1.88 bits per heavy atom. The molecule has 0 aliphatic heterocycles. The van der Waals surface area contributed by atoms with E-state index in [1.54, 1.807) is 31.3 Å². The van der Waals surface area contributed by atoms with E-state index in [9.17, 15) is 9.59 Å². The van der Waals surface area contributed by atoms with Gasteiger partial charge in [0.2, 0.25) is 0 Å². The van der Waals surface area contributed by atoms with Crippen molar-refractivity contribution in [2.24, 2.45) is 0 Å². The molecule has 0 unspecified atom stereocenters. The molecule has 0 saturated carbocycles. The maximum Gasteiger partial charge on any atom is 0.338 e. The number of amides is 1. The standard InChI is InChI=1S/C12H13NO3/c1-3-8-16-12(15)10-6-4-9(5-7-10)11(14)13-2/h3-7H,1,8H2,2H3,(H,13,14). The van der Waals surface area contributed by atoms with Gasteiger partial charge in [-0.25, -0.2) is 4.79 Å². The van der Waals surface area contributed by atoms with Crippen molar-refractivity contribution in [3.05, 3.63) is 48.0 Å². The van der Waals surface area contributed by atoms with Crippen molar-refractivity contribution in [3.63, 3.8) is 0 Å². The van der Waals surface area contributed by atoms with E-state index in [0.717, 1.165) is 0 Å². The van der Waals surface area contributed by atoms with Gasteiger partial charge in [-0.2, -0.15) is 0 Å². The van der Waals surface area contributed by atoms with Crippen LogP contribution < -0.4 is 5.32 Å². The summed E-state index contributed by atoms with van der Waals surface area (Å²) in [5, 5.41) is 2.50. The van der Waals surface area contributed by atoms with Crippen LogP contribution in [0.2, 0.25) is 0 Å². The van der Waals surface area contributed by atoms with Crippen LogP contribution in [0.4, 0.5) is 0 Å². The lowest BCUT2D eigenvalue weighted by molar-refractivity contribution is 0.0549. The first kappa shape index (κ1) is 12.0. The Morgan fingerprint density at radius 1 is 1.31 bits per heavy atom. The Morgan fingerprint density at radius 3 is 2.38 bits per heavy atom. The van der Waals surface area contributed by atoms with Gasteiger partial charge in [0.1, 0.15) is 6.61 Å².